The summed E-state index contributed by atoms with van der Waals surface area (Å²) in [4.78, 5) is 26.0. The van der Waals surface area contributed by atoms with Gasteiger partial charge in [0.1, 0.15) is 12.4 Å². The smallest absolute Gasteiger partial charge is 0.293 e. The van der Waals surface area contributed by atoms with Crippen molar-refractivity contribution in [2.75, 3.05) is 6.54 Å². The van der Waals surface area contributed by atoms with Crippen LogP contribution in [0.3, 0.4) is 0 Å². The Morgan fingerprint density at radius 3 is 2.43 bits per heavy atom. The number of hydrogen-bond acceptors (Lipinski definition) is 4. The topological polar surface area (TPSA) is 46.6 Å². The van der Waals surface area contributed by atoms with Crippen molar-refractivity contribution in [1.82, 2.24) is 4.90 Å². The van der Waals surface area contributed by atoms with E-state index in [1.807, 2.05) is 30.3 Å². The highest BCUT2D eigenvalue weighted by Gasteiger charge is 2.33. The second kappa shape index (κ2) is 9.27. The lowest BCUT2D eigenvalue weighted by Gasteiger charge is -2.13. The third-order valence-electron chi connectivity index (χ3n) is 4.76. The second-order valence-electron chi connectivity index (χ2n) is 6.67. The standard InChI is InChI=1S/C23H17I2NO3S/c1-2-26-22(27)20(30-23(26)28)12-14-10-18(24)21(19(25)11-14)29-13-16-8-5-7-15-6-3-4-9-17(15)16/h3-12H,2,13H2,1H3/b20-12+. The molecule has 0 N–H and O–H groups in total. The van der Waals surface area contributed by atoms with E-state index in [0.29, 0.717) is 18.1 Å². The SMILES string of the molecule is CCN1C(=O)S/C(=C/c2cc(I)c(OCc3cccc4ccccc34)c(I)c2)C1=O. The number of amides is 2. The quantitative estimate of drug-likeness (QED) is 0.231. The molecule has 152 valence electrons. The molecule has 0 bridgehead atoms. The molecule has 1 saturated heterocycles. The molecule has 30 heavy (non-hydrogen) atoms. The Labute approximate surface area is 206 Å². The van der Waals surface area contributed by atoms with E-state index in [9.17, 15) is 9.59 Å². The maximum Gasteiger partial charge on any atom is 0.293 e. The Kier molecular flexibility index (Phi) is 6.69. The Bertz CT molecular complexity index is 1160. The summed E-state index contributed by atoms with van der Waals surface area (Å²) in [5.41, 5.74) is 2.01. The van der Waals surface area contributed by atoms with Crippen molar-refractivity contribution in [3.8, 4) is 5.75 Å². The van der Waals surface area contributed by atoms with Crippen LogP contribution in [0.15, 0.2) is 59.5 Å². The van der Waals surface area contributed by atoms with Crippen LogP contribution in [0.25, 0.3) is 16.8 Å². The van der Waals surface area contributed by atoms with Crippen LogP contribution in [0.2, 0.25) is 0 Å². The van der Waals surface area contributed by atoms with Gasteiger partial charge < -0.3 is 4.74 Å². The van der Waals surface area contributed by atoms with E-state index in [1.165, 1.54) is 15.7 Å². The number of imide groups is 1. The summed E-state index contributed by atoms with van der Waals surface area (Å²) in [5, 5.41) is 2.17. The van der Waals surface area contributed by atoms with Crippen LogP contribution in [0.5, 0.6) is 5.75 Å². The molecule has 0 spiro atoms. The summed E-state index contributed by atoms with van der Waals surface area (Å²) < 4.78 is 8.11. The summed E-state index contributed by atoms with van der Waals surface area (Å²) in [7, 11) is 0. The molecule has 3 aromatic carbocycles. The predicted octanol–water partition coefficient (Wildman–Crippen LogP) is 6.68. The first-order chi connectivity index (χ1) is 14.5. The zero-order valence-corrected chi connectivity index (χ0v) is 21.2. The number of rotatable bonds is 5. The molecule has 0 unspecified atom stereocenters. The minimum atomic E-state index is -0.228. The van der Waals surface area contributed by atoms with Crippen LogP contribution < -0.4 is 4.74 Å². The van der Waals surface area contributed by atoms with E-state index in [1.54, 1.807) is 13.0 Å². The third kappa shape index (κ3) is 4.38. The largest absolute Gasteiger partial charge is 0.487 e. The molecule has 7 heteroatoms. The summed E-state index contributed by atoms with van der Waals surface area (Å²) in [6, 6.07) is 18.5. The van der Waals surface area contributed by atoms with Crippen LogP contribution in [0.4, 0.5) is 4.79 Å². The molecule has 1 heterocycles. The van der Waals surface area contributed by atoms with Crippen molar-refractivity contribution in [3.05, 3.63) is 77.8 Å². The molecule has 2 amide bonds. The first kappa shape index (κ1) is 21.6. The van der Waals surface area contributed by atoms with Crippen molar-refractivity contribution in [3.63, 3.8) is 0 Å². The highest BCUT2D eigenvalue weighted by atomic mass is 127. The van der Waals surface area contributed by atoms with Gasteiger partial charge in [0.25, 0.3) is 11.1 Å². The molecule has 4 nitrogen and oxygen atoms in total. The van der Waals surface area contributed by atoms with Gasteiger partial charge in [-0.05, 0) is 104 Å². The van der Waals surface area contributed by atoms with Gasteiger partial charge in [-0.1, -0.05) is 42.5 Å². The zero-order valence-electron chi connectivity index (χ0n) is 16.0. The van der Waals surface area contributed by atoms with Gasteiger partial charge in [0.2, 0.25) is 0 Å². The monoisotopic (exact) mass is 641 g/mol. The van der Waals surface area contributed by atoms with Gasteiger partial charge in [-0.3, -0.25) is 14.5 Å². The van der Waals surface area contributed by atoms with Gasteiger partial charge in [0.05, 0.1) is 12.0 Å². The summed E-state index contributed by atoms with van der Waals surface area (Å²) >= 11 is 5.49. The van der Waals surface area contributed by atoms with E-state index in [2.05, 4.69) is 69.4 Å². The molecule has 0 aromatic heterocycles. The normalized spacial score (nSPS) is 15.4. The van der Waals surface area contributed by atoms with E-state index in [-0.39, 0.29) is 11.1 Å². The minimum absolute atomic E-state index is 0.215. The Balaban J connectivity index is 1.57. The van der Waals surface area contributed by atoms with Crippen LogP contribution in [0, 0.1) is 7.14 Å². The van der Waals surface area contributed by atoms with Crippen LogP contribution in [-0.2, 0) is 11.4 Å². The van der Waals surface area contributed by atoms with E-state index >= 15 is 0 Å². The van der Waals surface area contributed by atoms with Crippen LogP contribution in [0.1, 0.15) is 18.1 Å². The third-order valence-corrected chi connectivity index (χ3v) is 7.27. The predicted molar refractivity (Wildman–Crippen MR) is 139 cm³/mol. The molecular weight excluding hydrogens is 624 g/mol. The highest BCUT2D eigenvalue weighted by Crippen LogP contribution is 2.35. The number of likely N-dealkylation sites (N-methyl/N-ethyl adjacent to an activating group) is 1. The number of ether oxygens (including phenoxy) is 1. The molecule has 1 aliphatic heterocycles. The average Bonchev–Trinajstić information content (AvgIpc) is 2.99. The second-order valence-corrected chi connectivity index (χ2v) is 9.98. The van der Waals surface area contributed by atoms with Gasteiger partial charge in [0, 0.05) is 6.54 Å². The van der Waals surface area contributed by atoms with Crippen molar-refractivity contribution < 1.29 is 14.3 Å². The van der Waals surface area contributed by atoms with Gasteiger partial charge >= 0.3 is 0 Å². The molecule has 3 aromatic rings. The van der Waals surface area contributed by atoms with Gasteiger partial charge in [-0.25, -0.2) is 0 Å². The number of benzene rings is 3. The molecular formula is C23H17I2NO3S. The highest BCUT2D eigenvalue weighted by molar-refractivity contribution is 14.1. The number of halogens is 2. The Morgan fingerprint density at radius 2 is 1.73 bits per heavy atom. The van der Waals surface area contributed by atoms with E-state index in [0.717, 1.165) is 35.8 Å². The number of hydrogen-bond donors (Lipinski definition) is 0. The summed E-state index contributed by atoms with van der Waals surface area (Å²) in [5.74, 6) is 0.594. The molecule has 0 saturated carbocycles. The number of carbonyl (C=O) groups is 2. The first-order valence-corrected chi connectivity index (χ1v) is 12.3. The van der Waals surface area contributed by atoms with Crippen molar-refractivity contribution in [1.29, 1.82) is 0 Å². The molecule has 1 aliphatic rings. The van der Waals surface area contributed by atoms with Gasteiger partial charge in [0.15, 0.2) is 0 Å². The maximum atomic E-state index is 12.3. The summed E-state index contributed by atoms with van der Waals surface area (Å²) in [6.45, 7) is 2.66. The molecule has 0 atom stereocenters. The number of carbonyl (C=O) groups excluding carboxylic acids is 2. The lowest BCUT2D eigenvalue weighted by atomic mass is 10.1. The Morgan fingerprint density at radius 1 is 1.03 bits per heavy atom. The van der Waals surface area contributed by atoms with E-state index < -0.39 is 0 Å². The number of nitrogens with zero attached hydrogens (tertiary/aromatic N) is 1. The molecule has 0 radical (unpaired) electrons. The fraction of sp³-hybridized carbons (Fsp3) is 0.130. The van der Waals surface area contributed by atoms with Gasteiger partial charge in [-0.15, -0.1) is 0 Å². The maximum absolute atomic E-state index is 12.3. The lowest BCUT2D eigenvalue weighted by Crippen LogP contribution is -2.27. The van der Waals surface area contributed by atoms with Crippen molar-refractivity contribution in [2.45, 2.75) is 13.5 Å². The lowest BCUT2D eigenvalue weighted by molar-refractivity contribution is -0.122. The van der Waals surface area contributed by atoms with Gasteiger partial charge in [-0.2, -0.15) is 0 Å². The van der Waals surface area contributed by atoms with Crippen LogP contribution >= 0.6 is 56.9 Å². The molecule has 4 rings (SSSR count). The molecule has 0 aliphatic carbocycles. The minimum Gasteiger partial charge on any atom is -0.487 e. The van der Waals surface area contributed by atoms with E-state index in [4.69, 9.17) is 4.74 Å². The summed E-state index contributed by atoms with van der Waals surface area (Å²) in [6.07, 6.45) is 1.78. The number of thioether (sulfide) groups is 1. The average molecular weight is 641 g/mol. The van der Waals surface area contributed by atoms with Crippen molar-refractivity contribution in [2.24, 2.45) is 0 Å². The van der Waals surface area contributed by atoms with Crippen LogP contribution in [-0.4, -0.2) is 22.6 Å². The number of fused-ring (bicyclic) bond motifs is 1. The van der Waals surface area contributed by atoms with Crippen molar-refractivity contribution >= 4 is 84.9 Å². The molecule has 1 fully saturated rings. The fourth-order valence-electron chi connectivity index (χ4n) is 3.29. The zero-order chi connectivity index (χ0) is 21.3. The first-order valence-electron chi connectivity index (χ1n) is 9.31. The Hall–Kier alpha value is -1.59. The fourth-order valence-corrected chi connectivity index (χ4v) is 6.32.